The molecule has 1 aliphatic rings. The summed E-state index contributed by atoms with van der Waals surface area (Å²) in [5.41, 5.74) is 1.85. The summed E-state index contributed by atoms with van der Waals surface area (Å²) in [6.07, 6.45) is 4.07. The number of halogens is 1. The van der Waals surface area contributed by atoms with Crippen LogP contribution in [0.5, 0.6) is 5.75 Å². The van der Waals surface area contributed by atoms with E-state index in [2.05, 4.69) is 5.32 Å². The highest BCUT2D eigenvalue weighted by Crippen LogP contribution is 2.28. The molecular weight excluding hydrogens is 622 g/mol. The second-order valence-electron chi connectivity index (χ2n) is 11.4. The number of anilines is 1. The molecule has 10 heteroatoms. The molecule has 1 aliphatic carbocycles. The van der Waals surface area contributed by atoms with Gasteiger partial charge in [0.05, 0.1) is 17.7 Å². The molecule has 0 bridgehead atoms. The lowest BCUT2D eigenvalue weighted by atomic mass is 10.0. The Morgan fingerprint density at radius 3 is 2.20 bits per heavy atom. The Morgan fingerprint density at radius 1 is 0.870 bits per heavy atom. The maximum Gasteiger partial charge on any atom is 0.264 e. The van der Waals surface area contributed by atoms with E-state index in [1.54, 1.807) is 60.7 Å². The van der Waals surface area contributed by atoms with E-state index in [-0.39, 0.29) is 35.5 Å². The molecule has 0 saturated heterocycles. The third-order valence-electron chi connectivity index (χ3n) is 8.17. The van der Waals surface area contributed by atoms with Gasteiger partial charge < -0.3 is 15.0 Å². The normalized spacial score (nSPS) is 14.0. The van der Waals surface area contributed by atoms with E-state index in [9.17, 15) is 18.0 Å². The van der Waals surface area contributed by atoms with Crippen molar-refractivity contribution in [1.29, 1.82) is 0 Å². The predicted molar refractivity (Wildman–Crippen MR) is 180 cm³/mol. The van der Waals surface area contributed by atoms with Gasteiger partial charge in [-0.2, -0.15) is 0 Å². The second kappa shape index (κ2) is 15.3. The van der Waals surface area contributed by atoms with Gasteiger partial charge in [-0.3, -0.25) is 13.9 Å². The first-order chi connectivity index (χ1) is 22.2. The summed E-state index contributed by atoms with van der Waals surface area (Å²) in [7, 11) is -2.71. The number of benzene rings is 4. The van der Waals surface area contributed by atoms with Crippen molar-refractivity contribution in [2.24, 2.45) is 0 Å². The maximum absolute atomic E-state index is 14.6. The second-order valence-corrected chi connectivity index (χ2v) is 13.7. The van der Waals surface area contributed by atoms with Crippen molar-refractivity contribution in [3.05, 3.63) is 125 Å². The van der Waals surface area contributed by atoms with Crippen LogP contribution < -0.4 is 14.4 Å². The standard InChI is InChI=1S/C36H38ClN3O5S/c1-45-32-19-11-18-31(24-32)40(46(43,44)33-20-6-3-7-21-33)26-35(41)39(25-28-14-10-15-29(37)22-28)34(23-27-12-4-2-5-13-27)36(42)38-30-16-8-9-17-30/h2-7,10-15,18-22,24,30,34H,8-9,16-17,23,25-26H2,1H3,(H,38,42)/t34-/m0/s1. The van der Waals surface area contributed by atoms with Crippen LogP contribution in [-0.4, -0.2) is 50.9 Å². The number of carbonyl (C=O) groups is 2. The number of hydrogen-bond acceptors (Lipinski definition) is 5. The summed E-state index contributed by atoms with van der Waals surface area (Å²) in [5, 5.41) is 3.67. The van der Waals surface area contributed by atoms with Gasteiger partial charge >= 0.3 is 0 Å². The molecule has 46 heavy (non-hydrogen) atoms. The Kier molecular flexibility index (Phi) is 11.0. The summed E-state index contributed by atoms with van der Waals surface area (Å²) in [6.45, 7) is -0.501. The average Bonchev–Trinajstić information content (AvgIpc) is 3.59. The van der Waals surface area contributed by atoms with E-state index >= 15 is 0 Å². The fourth-order valence-corrected chi connectivity index (χ4v) is 7.41. The van der Waals surface area contributed by atoms with Crippen molar-refractivity contribution in [2.45, 2.75) is 55.6 Å². The van der Waals surface area contributed by atoms with E-state index < -0.39 is 28.5 Å². The summed E-state index contributed by atoms with van der Waals surface area (Å²) < 4.78 is 34.7. The molecule has 0 spiro atoms. The molecule has 4 aromatic carbocycles. The van der Waals surface area contributed by atoms with Crippen molar-refractivity contribution in [3.63, 3.8) is 0 Å². The zero-order valence-electron chi connectivity index (χ0n) is 25.7. The molecule has 2 amide bonds. The van der Waals surface area contributed by atoms with Crippen LogP contribution >= 0.6 is 11.6 Å². The van der Waals surface area contributed by atoms with Gasteiger partial charge in [-0.15, -0.1) is 0 Å². The first kappa shape index (κ1) is 33.0. The summed E-state index contributed by atoms with van der Waals surface area (Å²) in [4.78, 5) is 30.2. The van der Waals surface area contributed by atoms with Crippen LogP contribution in [0.1, 0.15) is 36.8 Å². The number of hydrogen-bond donors (Lipinski definition) is 1. The molecule has 5 rings (SSSR count). The number of nitrogens with one attached hydrogen (secondary N) is 1. The average molecular weight is 660 g/mol. The van der Waals surface area contributed by atoms with Gasteiger partial charge in [-0.25, -0.2) is 8.42 Å². The van der Waals surface area contributed by atoms with Gasteiger partial charge in [0.2, 0.25) is 11.8 Å². The third-order valence-corrected chi connectivity index (χ3v) is 10.2. The molecule has 1 fully saturated rings. The minimum atomic E-state index is -4.20. The number of methoxy groups -OCH3 is 1. The van der Waals surface area contributed by atoms with Crippen LogP contribution in [0.3, 0.4) is 0 Å². The summed E-state index contributed by atoms with van der Waals surface area (Å²) in [5.74, 6) is -0.373. The fourth-order valence-electron chi connectivity index (χ4n) is 5.77. The lowest BCUT2D eigenvalue weighted by Crippen LogP contribution is -2.54. The highest BCUT2D eigenvalue weighted by atomic mass is 35.5. The van der Waals surface area contributed by atoms with Crippen molar-refractivity contribution in [3.8, 4) is 5.75 Å². The SMILES string of the molecule is COc1cccc(N(CC(=O)N(Cc2cccc(Cl)c2)[C@@H](Cc2ccccc2)C(=O)NC2CCCC2)S(=O)(=O)c2ccccc2)c1. The monoisotopic (exact) mass is 659 g/mol. The van der Waals surface area contributed by atoms with Crippen molar-refractivity contribution in [1.82, 2.24) is 10.2 Å². The Hall–Kier alpha value is -4.34. The smallest absolute Gasteiger partial charge is 0.264 e. The van der Waals surface area contributed by atoms with Crippen LogP contribution in [0.4, 0.5) is 5.69 Å². The largest absolute Gasteiger partial charge is 0.497 e. The van der Waals surface area contributed by atoms with E-state index in [1.807, 2.05) is 36.4 Å². The number of ether oxygens (including phenoxy) is 1. The topological polar surface area (TPSA) is 96.0 Å². The first-order valence-corrected chi connectivity index (χ1v) is 17.2. The summed E-state index contributed by atoms with van der Waals surface area (Å²) in [6, 6.07) is 30.3. The van der Waals surface area contributed by atoms with Crippen LogP contribution in [-0.2, 0) is 32.6 Å². The number of carbonyl (C=O) groups excluding carboxylic acids is 2. The third kappa shape index (κ3) is 8.27. The van der Waals surface area contributed by atoms with Crippen LogP contribution in [0.15, 0.2) is 114 Å². The highest BCUT2D eigenvalue weighted by molar-refractivity contribution is 7.92. The van der Waals surface area contributed by atoms with E-state index in [1.165, 1.54) is 24.1 Å². The molecule has 1 N–H and O–H groups in total. The molecular formula is C36H38ClN3O5S. The molecule has 0 aromatic heterocycles. The Balaban J connectivity index is 1.57. The predicted octanol–water partition coefficient (Wildman–Crippen LogP) is 6.24. The summed E-state index contributed by atoms with van der Waals surface area (Å²) >= 11 is 6.33. The zero-order valence-corrected chi connectivity index (χ0v) is 27.3. The number of rotatable bonds is 13. The van der Waals surface area contributed by atoms with Gasteiger partial charge in [0.1, 0.15) is 18.3 Å². The Morgan fingerprint density at radius 2 is 1.52 bits per heavy atom. The molecule has 0 aliphatic heterocycles. The zero-order chi connectivity index (χ0) is 32.5. The minimum Gasteiger partial charge on any atom is -0.497 e. The van der Waals surface area contributed by atoms with E-state index in [0.717, 1.165) is 35.6 Å². The molecule has 240 valence electrons. The maximum atomic E-state index is 14.6. The van der Waals surface area contributed by atoms with Gasteiger partial charge in [-0.05, 0) is 60.4 Å². The number of sulfonamides is 1. The first-order valence-electron chi connectivity index (χ1n) is 15.3. The minimum absolute atomic E-state index is 0.0284. The van der Waals surface area contributed by atoms with Crippen molar-refractivity contribution >= 4 is 39.1 Å². The molecule has 8 nitrogen and oxygen atoms in total. The van der Waals surface area contributed by atoms with E-state index in [0.29, 0.717) is 16.3 Å². The lowest BCUT2D eigenvalue weighted by molar-refractivity contribution is -0.140. The highest BCUT2D eigenvalue weighted by Gasteiger charge is 2.35. The molecule has 1 atom stereocenters. The fraction of sp³-hybridized carbons (Fsp3) is 0.278. The number of nitrogens with zero attached hydrogens (tertiary/aromatic N) is 2. The molecule has 1 saturated carbocycles. The van der Waals surface area contributed by atoms with Gasteiger partial charge in [-0.1, -0.05) is 91.2 Å². The molecule has 0 radical (unpaired) electrons. The van der Waals surface area contributed by atoms with Crippen molar-refractivity contribution in [2.75, 3.05) is 18.0 Å². The number of amides is 2. The Bertz CT molecular complexity index is 1730. The molecule has 0 unspecified atom stereocenters. The van der Waals surface area contributed by atoms with E-state index in [4.69, 9.17) is 16.3 Å². The van der Waals surface area contributed by atoms with Crippen LogP contribution in [0.2, 0.25) is 5.02 Å². The molecule has 0 heterocycles. The van der Waals surface area contributed by atoms with Gasteiger partial charge in [0.25, 0.3) is 10.0 Å². The Labute approximate surface area is 276 Å². The quantitative estimate of drug-likeness (QED) is 0.183. The van der Waals surface area contributed by atoms with Gasteiger partial charge in [0.15, 0.2) is 0 Å². The van der Waals surface area contributed by atoms with Crippen LogP contribution in [0.25, 0.3) is 0 Å². The molecule has 4 aromatic rings. The van der Waals surface area contributed by atoms with Crippen LogP contribution in [0, 0.1) is 0 Å². The van der Waals surface area contributed by atoms with Crippen molar-refractivity contribution < 1.29 is 22.7 Å². The van der Waals surface area contributed by atoms with Gasteiger partial charge in [0, 0.05) is 30.1 Å². The lowest BCUT2D eigenvalue weighted by Gasteiger charge is -2.34.